The molecule has 0 atom stereocenters. The van der Waals surface area contributed by atoms with E-state index in [0.717, 1.165) is 59.7 Å². The molecule has 9 heteroatoms. The maximum absolute atomic E-state index is 11.8. The molecule has 3 rings (SSSR count). The number of hydrogen-bond donors (Lipinski definition) is 2. The molecule has 0 fully saturated rings. The van der Waals surface area contributed by atoms with E-state index in [1.807, 2.05) is 43.5 Å². The predicted octanol–water partition coefficient (Wildman–Crippen LogP) is 4.60. The van der Waals surface area contributed by atoms with Crippen molar-refractivity contribution in [2.45, 2.75) is 32.2 Å². The van der Waals surface area contributed by atoms with Crippen LogP contribution in [0.4, 0.5) is 0 Å². The first-order valence-corrected chi connectivity index (χ1v) is 12.4. The monoisotopic (exact) mass is 519 g/mol. The lowest BCUT2D eigenvalue weighted by Gasteiger charge is -2.07. The fourth-order valence-electron chi connectivity index (χ4n) is 4.04. The number of nitrogens with one attached hydrogen (secondary N) is 1. The Bertz CT molecular complexity index is 1210. The van der Waals surface area contributed by atoms with Gasteiger partial charge in [-0.25, -0.2) is 9.13 Å². The summed E-state index contributed by atoms with van der Waals surface area (Å²) in [6, 6.07) is 9.49. The number of nitrogens with two attached hydrogens (primary N) is 1. The molecule has 0 aliphatic carbocycles. The normalized spacial score (nSPS) is 11.4. The highest BCUT2D eigenvalue weighted by Crippen LogP contribution is 2.29. The molecule has 7 nitrogen and oxygen atoms in total. The molecule has 35 heavy (non-hydrogen) atoms. The Morgan fingerprint density at radius 2 is 1.86 bits per heavy atom. The molecule has 0 saturated heterocycles. The van der Waals surface area contributed by atoms with E-state index in [2.05, 4.69) is 20.5 Å². The van der Waals surface area contributed by atoms with Crippen LogP contribution in [0.15, 0.2) is 30.3 Å². The van der Waals surface area contributed by atoms with Crippen molar-refractivity contribution in [3.63, 3.8) is 0 Å². The number of amides is 1. The number of imidazole rings is 1. The smallest absolute Gasteiger partial charge is 0.282 e. The molecule has 3 aromatic rings. The molecule has 0 bridgehead atoms. The maximum Gasteiger partial charge on any atom is 0.282 e. The Morgan fingerprint density at radius 3 is 2.57 bits per heavy atom. The highest BCUT2D eigenvalue weighted by Gasteiger charge is 2.22. The average molecular weight is 520 g/mol. The summed E-state index contributed by atoms with van der Waals surface area (Å²) in [6.45, 7) is 1.74. The molecular formula is C26H33Cl2N4O3+. The third-order valence-electron chi connectivity index (χ3n) is 5.89. The molecule has 1 aromatic heterocycles. The van der Waals surface area contributed by atoms with Crippen LogP contribution in [-0.2, 0) is 18.4 Å². The summed E-state index contributed by atoms with van der Waals surface area (Å²) in [5.74, 6) is 2.55. The van der Waals surface area contributed by atoms with Crippen molar-refractivity contribution in [3.8, 4) is 11.5 Å². The van der Waals surface area contributed by atoms with Crippen molar-refractivity contribution >= 4 is 52.3 Å². The second kappa shape index (κ2) is 12.8. The first-order valence-electron chi connectivity index (χ1n) is 11.6. The molecule has 0 radical (unpaired) electrons. The largest absolute Gasteiger partial charge is 0.497 e. The number of aromatic nitrogens is 2. The van der Waals surface area contributed by atoms with E-state index in [1.54, 1.807) is 14.2 Å². The second-order valence-electron chi connectivity index (χ2n) is 8.21. The SMILES string of the molecule is COc1ccc(OC)c(/C=C/c2n(CCCCCC(=O)NCCN)c3cc(Cl)c(Cl)cc3[n+]2C)c1. The lowest BCUT2D eigenvalue weighted by Crippen LogP contribution is -2.31. The first-order chi connectivity index (χ1) is 16.9. The number of benzene rings is 2. The third kappa shape index (κ3) is 6.69. The van der Waals surface area contributed by atoms with Crippen molar-refractivity contribution in [1.29, 1.82) is 0 Å². The number of methoxy groups -OCH3 is 2. The van der Waals surface area contributed by atoms with Crippen LogP contribution in [0, 0.1) is 0 Å². The quantitative estimate of drug-likeness (QED) is 0.270. The van der Waals surface area contributed by atoms with Crippen molar-refractivity contribution < 1.29 is 18.8 Å². The molecule has 0 aliphatic heterocycles. The molecule has 0 spiro atoms. The summed E-state index contributed by atoms with van der Waals surface area (Å²) in [6.07, 6.45) is 7.23. The standard InChI is InChI=1S/C26H32Cl2N4O3/c1-31-22-16-20(27)21(28)17-23(22)32(14-6-4-5-7-25(33)30-13-12-29)26(31)11-8-18-15-19(34-2)9-10-24(18)35-3/h8-11,15-17H,4-7,12-14,29H2,1-3H3/p+1/b11-8+. The fourth-order valence-corrected chi connectivity index (χ4v) is 4.36. The summed E-state index contributed by atoms with van der Waals surface area (Å²) in [4.78, 5) is 11.8. The molecule has 0 aliphatic rings. The number of carbonyl (C=O) groups excluding carboxylic acids is 1. The van der Waals surface area contributed by atoms with Crippen LogP contribution < -0.4 is 25.1 Å². The summed E-state index contributed by atoms with van der Waals surface area (Å²) < 4.78 is 15.2. The van der Waals surface area contributed by atoms with Gasteiger partial charge in [0.25, 0.3) is 5.82 Å². The summed E-state index contributed by atoms with van der Waals surface area (Å²) in [5.41, 5.74) is 8.33. The highest BCUT2D eigenvalue weighted by atomic mass is 35.5. The van der Waals surface area contributed by atoms with Gasteiger partial charge in [0.15, 0.2) is 11.0 Å². The zero-order valence-corrected chi connectivity index (χ0v) is 22.0. The van der Waals surface area contributed by atoms with E-state index in [0.29, 0.717) is 29.6 Å². The number of ether oxygens (including phenoxy) is 2. The number of nitrogens with zero attached hydrogens (tertiary/aromatic N) is 2. The number of fused-ring (bicyclic) bond motifs is 1. The van der Waals surface area contributed by atoms with Crippen molar-refractivity contribution in [2.24, 2.45) is 12.8 Å². The van der Waals surface area contributed by atoms with Gasteiger partial charge in [0.05, 0.1) is 37.9 Å². The summed E-state index contributed by atoms with van der Waals surface area (Å²) in [5, 5.41) is 3.84. The number of carbonyl (C=O) groups is 1. The second-order valence-corrected chi connectivity index (χ2v) is 9.03. The minimum absolute atomic E-state index is 0.0468. The molecule has 1 amide bonds. The molecule has 0 saturated carbocycles. The summed E-state index contributed by atoms with van der Waals surface area (Å²) >= 11 is 12.7. The van der Waals surface area contributed by atoms with Gasteiger partial charge in [0, 0.05) is 43.3 Å². The molecule has 188 valence electrons. The van der Waals surface area contributed by atoms with Crippen LogP contribution >= 0.6 is 23.2 Å². The molecule has 2 aromatic carbocycles. The Labute approximate surface area is 216 Å². The van der Waals surface area contributed by atoms with Crippen LogP contribution in [-0.4, -0.2) is 37.8 Å². The van der Waals surface area contributed by atoms with E-state index in [9.17, 15) is 4.79 Å². The van der Waals surface area contributed by atoms with Gasteiger partial charge < -0.3 is 20.5 Å². The molecule has 3 N–H and O–H groups in total. The number of aryl methyl sites for hydroxylation is 2. The van der Waals surface area contributed by atoms with Gasteiger partial charge in [-0.1, -0.05) is 23.2 Å². The van der Waals surface area contributed by atoms with Crippen LogP contribution in [0.3, 0.4) is 0 Å². The van der Waals surface area contributed by atoms with Crippen LogP contribution in [0.2, 0.25) is 10.0 Å². The molecule has 0 unspecified atom stereocenters. The maximum atomic E-state index is 11.8. The van der Waals surface area contributed by atoms with Crippen LogP contribution in [0.1, 0.15) is 37.1 Å². The zero-order chi connectivity index (χ0) is 25.4. The zero-order valence-electron chi connectivity index (χ0n) is 20.4. The van der Waals surface area contributed by atoms with Crippen molar-refractivity contribution in [3.05, 3.63) is 51.8 Å². The molecule has 1 heterocycles. The lowest BCUT2D eigenvalue weighted by atomic mass is 10.1. The summed E-state index contributed by atoms with van der Waals surface area (Å²) in [7, 11) is 5.30. The van der Waals surface area contributed by atoms with Crippen LogP contribution in [0.5, 0.6) is 11.5 Å². The Morgan fingerprint density at radius 1 is 1.09 bits per heavy atom. The third-order valence-corrected chi connectivity index (χ3v) is 6.61. The number of halogens is 2. The van der Waals surface area contributed by atoms with Gasteiger partial charge in [0.1, 0.15) is 11.5 Å². The first kappa shape index (κ1) is 26.9. The van der Waals surface area contributed by atoms with E-state index in [4.69, 9.17) is 38.4 Å². The van der Waals surface area contributed by atoms with Gasteiger partial charge in [-0.15, -0.1) is 0 Å². The van der Waals surface area contributed by atoms with Crippen LogP contribution in [0.25, 0.3) is 23.2 Å². The Hall–Kier alpha value is -2.74. The lowest BCUT2D eigenvalue weighted by molar-refractivity contribution is -0.647. The van der Waals surface area contributed by atoms with E-state index in [-0.39, 0.29) is 5.91 Å². The predicted molar refractivity (Wildman–Crippen MR) is 142 cm³/mol. The van der Waals surface area contributed by atoms with E-state index >= 15 is 0 Å². The van der Waals surface area contributed by atoms with Crippen molar-refractivity contribution in [2.75, 3.05) is 27.3 Å². The topological polar surface area (TPSA) is 82.4 Å². The average Bonchev–Trinajstić information content (AvgIpc) is 3.10. The number of unbranched alkanes of at least 4 members (excludes halogenated alkanes) is 2. The van der Waals surface area contributed by atoms with Crippen molar-refractivity contribution in [1.82, 2.24) is 9.88 Å². The Balaban J connectivity index is 1.87. The minimum atomic E-state index is 0.0468. The van der Waals surface area contributed by atoms with E-state index < -0.39 is 0 Å². The highest BCUT2D eigenvalue weighted by molar-refractivity contribution is 6.42. The fraction of sp³-hybridized carbons (Fsp3) is 0.385. The minimum Gasteiger partial charge on any atom is -0.497 e. The number of hydrogen-bond acceptors (Lipinski definition) is 4. The van der Waals surface area contributed by atoms with Gasteiger partial charge in [0.2, 0.25) is 5.91 Å². The van der Waals surface area contributed by atoms with Gasteiger partial charge >= 0.3 is 0 Å². The van der Waals surface area contributed by atoms with Gasteiger partial charge in [-0.05, 0) is 43.5 Å². The molecular weight excluding hydrogens is 487 g/mol. The Kier molecular flexibility index (Phi) is 9.83. The van der Waals surface area contributed by atoms with Gasteiger partial charge in [-0.3, -0.25) is 4.79 Å². The number of rotatable bonds is 12. The van der Waals surface area contributed by atoms with E-state index in [1.165, 1.54) is 0 Å². The van der Waals surface area contributed by atoms with Gasteiger partial charge in [-0.2, -0.15) is 0 Å².